The van der Waals surface area contributed by atoms with Gasteiger partial charge >= 0.3 is 5.82 Å². The first-order chi connectivity index (χ1) is 14.3. The van der Waals surface area contributed by atoms with Crippen molar-refractivity contribution < 1.29 is 9.85 Å². The summed E-state index contributed by atoms with van der Waals surface area (Å²) in [5.41, 5.74) is 0.244. The fraction of sp³-hybridized carbons (Fsp3) is 0.118. The Morgan fingerprint density at radius 2 is 1.67 bits per heavy atom. The van der Waals surface area contributed by atoms with E-state index in [4.69, 9.17) is 23.2 Å². The summed E-state index contributed by atoms with van der Waals surface area (Å²) >= 11 is 12.0. The highest BCUT2D eigenvalue weighted by Crippen LogP contribution is 2.34. The van der Waals surface area contributed by atoms with Gasteiger partial charge in [-0.3, -0.25) is 10.1 Å². The van der Waals surface area contributed by atoms with Gasteiger partial charge in [-0.05, 0) is 28.1 Å². The summed E-state index contributed by atoms with van der Waals surface area (Å²) < 4.78 is 0. The maximum atomic E-state index is 11.3. The van der Waals surface area contributed by atoms with Crippen molar-refractivity contribution in [3.05, 3.63) is 73.0 Å². The number of nitro groups is 2. The molecular formula is C17H13Cl2N7O4. The lowest BCUT2D eigenvalue weighted by Crippen LogP contribution is -2.15. The van der Waals surface area contributed by atoms with E-state index in [0.29, 0.717) is 29.5 Å². The molecule has 0 fully saturated rings. The third kappa shape index (κ3) is 5.07. The second kappa shape index (κ2) is 9.29. The number of nitrogens with one attached hydrogen (secondary N) is 2. The van der Waals surface area contributed by atoms with Crippen LogP contribution in [0.15, 0.2) is 42.7 Å². The molecule has 30 heavy (non-hydrogen) atoms. The lowest BCUT2D eigenvalue weighted by molar-refractivity contribution is -0.389. The van der Waals surface area contributed by atoms with Gasteiger partial charge in [-0.1, -0.05) is 23.2 Å². The molecule has 13 heteroatoms. The number of halogens is 2. The van der Waals surface area contributed by atoms with Crippen LogP contribution in [-0.2, 0) is 0 Å². The van der Waals surface area contributed by atoms with Gasteiger partial charge in [0.1, 0.15) is 5.82 Å². The van der Waals surface area contributed by atoms with E-state index in [1.54, 1.807) is 6.07 Å². The van der Waals surface area contributed by atoms with Gasteiger partial charge in [0.25, 0.3) is 5.69 Å². The van der Waals surface area contributed by atoms with Crippen molar-refractivity contribution in [3.63, 3.8) is 0 Å². The highest BCUT2D eigenvalue weighted by Gasteiger charge is 2.22. The van der Waals surface area contributed by atoms with Gasteiger partial charge in [0, 0.05) is 35.9 Å². The molecule has 0 radical (unpaired) electrons. The Bertz CT molecular complexity index is 1110. The van der Waals surface area contributed by atoms with Crippen LogP contribution < -0.4 is 10.6 Å². The van der Waals surface area contributed by atoms with E-state index in [1.165, 1.54) is 36.7 Å². The van der Waals surface area contributed by atoms with Gasteiger partial charge in [0.2, 0.25) is 0 Å². The molecule has 2 heterocycles. The van der Waals surface area contributed by atoms with Crippen LogP contribution in [0, 0.1) is 20.2 Å². The highest BCUT2D eigenvalue weighted by molar-refractivity contribution is 6.36. The Morgan fingerprint density at radius 3 is 2.33 bits per heavy atom. The molecule has 154 valence electrons. The monoisotopic (exact) mass is 449 g/mol. The summed E-state index contributed by atoms with van der Waals surface area (Å²) in [5.74, 6) is 0.188. The number of anilines is 2. The van der Waals surface area contributed by atoms with E-state index in [9.17, 15) is 20.2 Å². The van der Waals surface area contributed by atoms with E-state index >= 15 is 0 Å². The smallest absolute Gasteiger partial charge is 0.368 e. The number of rotatable bonds is 8. The van der Waals surface area contributed by atoms with Crippen molar-refractivity contribution in [2.24, 2.45) is 0 Å². The SMILES string of the molecule is O=[N+]([O-])c1ccnc(NCCNc2cnc([N+](=O)[O-])c(-c3ccc(Cl)cc3Cl)n2)c1. The molecule has 0 spiro atoms. The van der Waals surface area contributed by atoms with Crippen LogP contribution in [0.5, 0.6) is 0 Å². The van der Waals surface area contributed by atoms with Crippen molar-refractivity contribution in [1.29, 1.82) is 0 Å². The first-order valence-corrected chi connectivity index (χ1v) is 9.16. The van der Waals surface area contributed by atoms with Gasteiger partial charge in [-0.25, -0.2) is 9.97 Å². The number of hydrogen-bond acceptors (Lipinski definition) is 9. The third-order valence-corrected chi connectivity index (χ3v) is 4.35. The molecule has 3 aromatic rings. The molecule has 2 aromatic heterocycles. The molecule has 0 saturated carbocycles. The van der Waals surface area contributed by atoms with Gasteiger partial charge in [0.05, 0.1) is 16.0 Å². The Labute approximate surface area is 179 Å². The Balaban J connectivity index is 1.72. The van der Waals surface area contributed by atoms with E-state index < -0.39 is 15.7 Å². The molecule has 0 amide bonds. The van der Waals surface area contributed by atoms with Crippen LogP contribution in [0.1, 0.15) is 0 Å². The predicted molar refractivity (Wildman–Crippen MR) is 112 cm³/mol. The van der Waals surface area contributed by atoms with Gasteiger partial charge < -0.3 is 20.7 Å². The van der Waals surface area contributed by atoms with Crippen molar-refractivity contribution >= 4 is 46.3 Å². The summed E-state index contributed by atoms with van der Waals surface area (Å²) in [4.78, 5) is 33.1. The molecule has 0 unspecified atom stereocenters. The number of benzene rings is 1. The molecule has 0 atom stereocenters. The maximum absolute atomic E-state index is 11.3. The largest absolute Gasteiger partial charge is 0.390 e. The Hall–Kier alpha value is -3.57. The number of hydrogen-bond donors (Lipinski definition) is 2. The first-order valence-electron chi connectivity index (χ1n) is 8.40. The molecular weight excluding hydrogens is 437 g/mol. The van der Waals surface area contributed by atoms with Gasteiger partial charge in [0.15, 0.2) is 17.7 Å². The standard InChI is InChI=1S/C17H13Cl2N7O4/c18-10-1-2-12(13(19)7-10)16-17(26(29)30)23-9-15(24-16)22-6-5-21-14-8-11(25(27)28)3-4-20-14/h1-4,7-9H,5-6H2,(H,20,21)(H,22,24). The molecule has 0 aliphatic heterocycles. The van der Waals surface area contributed by atoms with Crippen LogP contribution in [0.3, 0.4) is 0 Å². The van der Waals surface area contributed by atoms with Crippen molar-refractivity contribution in [1.82, 2.24) is 15.0 Å². The second-order valence-corrected chi connectivity index (χ2v) is 6.66. The normalized spacial score (nSPS) is 10.5. The van der Waals surface area contributed by atoms with Crippen molar-refractivity contribution in [2.45, 2.75) is 0 Å². The average molecular weight is 450 g/mol. The van der Waals surface area contributed by atoms with E-state index in [-0.39, 0.29) is 22.2 Å². The van der Waals surface area contributed by atoms with Crippen LogP contribution in [-0.4, -0.2) is 37.9 Å². The molecule has 0 bridgehead atoms. The fourth-order valence-corrected chi connectivity index (χ4v) is 2.97. The van der Waals surface area contributed by atoms with Crippen LogP contribution in [0.4, 0.5) is 23.1 Å². The minimum atomic E-state index is -0.646. The quantitative estimate of drug-likeness (QED) is 0.293. The molecule has 0 saturated heterocycles. The Morgan fingerprint density at radius 1 is 0.933 bits per heavy atom. The highest BCUT2D eigenvalue weighted by atomic mass is 35.5. The van der Waals surface area contributed by atoms with E-state index in [0.717, 1.165) is 0 Å². The lowest BCUT2D eigenvalue weighted by atomic mass is 10.1. The summed E-state index contributed by atoms with van der Waals surface area (Å²) in [6, 6.07) is 7.14. The van der Waals surface area contributed by atoms with E-state index in [2.05, 4.69) is 25.6 Å². The Kier molecular flexibility index (Phi) is 6.54. The lowest BCUT2D eigenvalue weighted by Gasteiger charge is -2.09. The minimum Gasteiger partial charge on any atom is -0.368 e. The molecule has 2 N–H and O–H groups in total. The molecule has 11 nitrogen and oxygen atoms in total. The van der Waals surface area contributed by atoms with Gasteiger partial charge in [-0.2, -0.15) is 0 Å². The number of pyridine rings is 1. The van der Waals surface area contributed by atoms with E-state index in [1.807, 2.05) is 0 Å². The third-order valence-electron chi connectivity index (χ3n) is 3.80. The summed E-state index contributed by atoms with van der Waals surface area (Å²) in [6.45, 7) is 0.689. The van der Waals surface area contributed by atoms with Gasteiger partial charge in [-0.15, -0.1) is 0 Å². The number of nitrogens with zero attached hydrogens (tertiary/aromatic N) is 5. The average Bonchev–Trinajstić information content (AvgIpc) is 2.71. The fourth-order valence-electron chi connectivity index (χ4n) is 2.47. The van der Waals surface area contributed by atoms with Crippen LogP contribution >= 0.6 is 23.2 Å². The summed E-state index contributed by atoms with van der Waals surface area (Å²) in [7, 11) is 0. The van der Waals surface area contributed by atoms with Crippen LogP contribution in [0.2, 0.25) is 10.0 Å². The predicted octanol–water partition coefficient (Wildman–Crippen LogP) is 4.19. The zero-order valence-electron chi connectivity index (χ0n) is 15.1. The second-order valence-electron chi connectivity index (χ2n) is 5.82. The molecule has 0 aliphatic rings. The zero-order valence-corrected chi connectivity index (χ0v) is 16.6. The van der Waals surface area contributed by atoms with Crippen molar-refractivity contribution in [2.75, 3.05) is 23.7 Å². The molecule has 3 rings (SSSR count). The minimum absolute atomic E-state index is 0.0000216. The molecule has 1 aromatic carbocycles. The summed E-state index contributed by atoms with van der Waals surface area (Å²) in [5, 5.41) is 28.6. The maximum Gasteiger partial charge on any atom is 0.390 e. The first kappa shape index (κ1) is 21.1. The zero-order chi connectivity index (χ0) is 21.7. The summed E-state index contributed by atoms with van der Waals surface area (Å²) in [6.07, 6.45) is 2.56. The van der Waals surface area contributed by atoms with Crippen LogP contribution in [0.25, 0.3) is 11.3 Å². The molecule has 0 aliphatic carbocycles. The van der Waals surface area contributed by atoms with Crippen molar-refractivity contribution in [3.8, 4) is 11.3 Å². The number of aromatic nitrogens is 3. The topological polar surface area (TPSA) is 149 Å².